The number of nitrogens with one attached hydrogen (secondary N) is 1. The van der Waals surface area contributed by atoms with Gasteiger partial charge in [0.2, 0.25) is 0 Å². The van der Waals surface area contributed by atoms with Crippen molar-refractivity contribution >= 4 is 17.1 Å². The van der Waals surface area contributed by atoms with Gasteiger partial charge < -0.3 is 15.8 Å². The normalized spacial score (nSPS) is 10.2. The summed E-state index contributed by atoms with van der Waals surface area (Å²) in [5.74, 6) is 0.801. The summed E-state index contributed by atoms with van der Waals surface area (Å²) < 4.78 is 5.31. The van der Waals surface area contributed by atoms with E-state index in [-0.39, 0.29) is 0 Å². The Labute approximate surface area is 108 Å². The van der Waals surface area contributed by atoms with Crippen LogP contribution in [0.3, 0.4) is 0 Å². The highest BCUT2D eigenvalue weighted by Crippen LogP contribution is 2.31. The Morgan fingerprint density at radius 1 is 1.00 bits per heavy atom. The monoisotopic (exact) mass is 242 g/mol. The Balaban J connectivity index is 2.37. The third-order valence-corrected chi connectivity index (χ3v) is 3.04. The summed E-state index contributed by atoms with van der Waals surface area (Å²) in [5.41, 5.74) is 11.0. The van der Waals surface area contributed by atoms with Gasteiger partial charge in [0.25, 0.3) is 0 Å². The molecule has 0 unspecified atom stereocenters. The van der Waals surface area contributed by atoms with Crippen LogP contribution in [0, 0.1) is 13.8 Å². The first kappa shape index (κ1) is 12.3. The molecule has 0 saturated carbocycles. The standard InChI is InChI=1S/C15H18N2O/c1-10-8-12(16)14(9-11(10)2)17-13-6-4-5-7-15(13)18-3/h4-9,17H,16H2,1-3H3. The van der Waals surface area contributed by atoms with Crippen molar-refractivity contribution in [2.45, 2.75) is 13.8 Å². The number of nitrogens with two attached hydrogens (primary N) is 1. The zero-order chi connectivity index (χ0) is 13.1. The van der Waals surface area contributed by atoms with Gasteiger partial charge in [-0.1, -0.05) is 12.1 Å². The van der Waals surface area contributed by atoms with E-state index in [9.17, 15) is 0 Å². The Bertz CT molecular complexity index is 564. The number of para-hydroxylation sites is 2. The minimum absolute atomic E-state index is 0.740. The molecule has 18 heavy (non-hydrogen) atoms. The van der Waals surface area contributed by atoms with Crippen molar-refractivity contribution in [2.24, 2.45) is 0 Å². The van der Waals surface area contributed by atoms with Gasteiger partial charge in [0, 0.05) is 0 Å². The van der Waals surface area contributed by atoms with Gasteiger partial charge in [0.1, 0.15) is 5.75 Å². The molecule has 2 aromatic carbocycles. The first-order valence-corrected chi connectivity index (χ1v) is 5.88. The fourth-order valence-corrected chi connectivity index (χ4v) is 1.84. The van der Waals surface area contributed by atoms with Crippen LogP contribution in [-0.2, 0) is 0 Å². The topological polar surface area (TPSA) is 47.3 Å². The maximum Gasteiger partial charge on any atom is 0.142 e. The molecule has 0 bridgehead atoms. The van der Waals surface area contributed by atoms with E-state index in [0.29, 0.717) is 0 Å². The van der Waals surface area contributed by atoms with Gasteiger partial charge in [-0.05, 0) is 49.2 Å². The van der Waals surface area contributed by atoms with Crippen molar-refractivity contribution in [1.29, 1.82) is 0 Å². The van der Waals surface area contributed by atoms with Gasteiger partial charge in [0.15, 0.2) is 0 Å². The van der Waals surface area contributed by atoms with Gasteiger partial charge >= 0.3 is 0 Å². The molecule has 0 spiro atoms. The number of ether oxygens (including phenoxy) is 1. The largest absolute Gasteiger partial charge is 0.495 e. The zero-order valence-electron chi connectivity index (χ0n) is 10.9. The fraction of sp³-hybridized carbons (Fsp3) is 0.200. The van der Waals surface area contributed by atoms with Crippen LogP contribution in [0.5, 0.6) is 5.75 Å². The van der Waals surface area contributed by atoms with Crippen molar-refractivity contribution in [1.82, 2.24) is 0 Å². The number of rotatable bonds is 3. The number of hydrogen-bond donors (Lipinski definition) is 2. The molecule has 94 valence electrons. The number of hydrogen-bond acceptors (Lipinski definition) is 3. The van der Waals surface area contributed by atoms with Crippen LogP contribution in [0.2, 0.25) is 0 Å². The Kier molecular flexibility index (Phi) is 3.42. The van der Waals surface area contributed by atoms with Crippen molar-refractivity contribution < 1.29 is 4.74 Å². The number of methoxy groups -OCH3 is 1. The van der Waals surface area contributed by atoms with Crippen LogP contribution in [0.1, 0.15) is 11.1 Å². The molecule has 0 aliphatic heterocycles. The highest BCUT2D eigenvalue weighted by atomic mass is 16.5. The predicted octanol–water partition coefficient (Wildman–Crippen LogP) is 3.64. The molecule has 0 atom stereocenters. The maximum absolute atomic E-state index is 6.03. The molecule has 3 heteroatoms. The number of anilines is 3. The van der Waals surface area contributed by atoms with E-state index in [1.165, 1.54) is 11.1 Å². The molecule has 3 nitrogen and oxygen atoms in total. The van der Waals surface area contributed by atoms with Gasteiger partial charge in [-0.15, -0.1) is 0 Å². The smallest absolute Gasteiger partial charge is 0.142 e. The lowest BCUT2D eigenvalue weighted by Crippen LogP contribution is -1.99. The van der Waals surface area contributed by atoms with Gasteiger partial charge in [-0.3, -0.25) is 0 Å². The molecule has 2 aromatic rings. The third-order valence-electron chi connectivity index (χ3n) is 3.04. The molecule has 3 N–H and O–H groups in total. The quantitative estimate of drug-likeness (QED) is 0.808. The molecule has 0 aromatic heterocycles. The maximum atomic E-state index is 6.03. The molecular weight excluding hydrogens is 224 g/mol. The highest BCUT2D eigenvalue weighted by molar-refractivity contribution is 5.76. The van der Waals surface area contributed by atoms with E-state index in [1.54, 1.807) is 7.11 Å². The van der Waals surface area contributed by atoms with Gasteiger partial charge in [-0.25, -0.2) is 0 Å². The fourth-order valence-electron chi connectivity index (χ4n) is 1.84. The predicted molar refractivity (Wildman–Crippen MR) is 76.6 cm³/mol. The van der Waals surface area contributed by atoms with E-state index in [2.05, 4.69) is 25.2 Å². The Hall–Kier alpha value is -2.16. The third kappa shape index (κ3) is 2.40. The molecule has 0 fully saturated rings. The van der Waals surface area contributed by atoms with Crippen LogP contribution in [0.4, 0.5) is 17.1 Å². The lowest BCUT2D eigenvalue weighted by Gasteiger charge is -2.14. The van der Waals surface area contributed by atoms with Crippen LogP contribution in [0.25, 0.3) is 0 Å². The minimum Gasteiger partial charge on any atom is -0.495 e. The van der Waals surface area contributed by atoms with Crippen molar-refractivity contribution in [3.63, 3.8) is 0 Å². The Morgan fingerprint density at radius 3 is 2.39 bits per heavy atom. The molecule has 2 rings (SSSR count). The molecule has 0 saturated heterocycles. The second kappa shape index (κ2) is 5.00. The molecule has 0 heterocycles. The summed E-state index contributed by atoms with van der Waals surface area (Å²) in [4.78, 5) is 0. The van der Waals surface area contributed by atoms with Crippen molar-refractivity contribution in [3.8, 4) is 5.75 Å². The van der Waals surface area contributed by atoms with Gasteiger partial charge in [-0.2, -0.15) is 0 Å². The summed E-state index contributed by atoms with van der Waals surface area (Å²) in [5, 5.41) is 3.31. The van der Waals surface area contributed by atoms with Crippen molar-refractivity contribution in [3.05, 3.63) is 47.5 Å². The average molecular weight is 242 g/mol. The second-order valence-electron chi connectivity index (χ2n) is 4.35. The molecule has 0 amide bonds. The summed E-state index contributed by atoms with van der Waals surface area (Å²) >= 11 is 0. The minimum atomic E-state index is 0.740. The summed E-state index contributed by atoms with van der Waals surface area (Å²) in [6.45, 7) is 4.13. The van der Waals surface area contributed by atoms with E-state index in [4.69, 9.17) is 10.5 Å². The summed E-state index contributed by atoms with van der Waals surface area (Å²) in [6.07, 6.45) is 0. The van der Waals surface area contributed by atoms with Gasteiger partial charge in [0.05, 0.1) is 24.2 Å². The van der Waals surface area contributed by atoms with Crippen molar-refractivity contribution in [2.75, 3.05) is 18.2 Å². The summed E-state index contributed by atoms with van der Waals surface area (Å²) in [7, 11) is 1.66. The summed E-state index contributed by atoms with van der Waals surface area (Å²) in [6, 6.07) is 11.8. The van der Waals surface area contributed by atoms with Crippen LogP contribution in [-0.4, -0.2) is 7.11 Å². The van der Waals surface area contributed by atoms with E-state index < -0.39 is 0 Å². The van der Waals surface area contributed by atoms with Crippen LogP contribution < -0.4 is 15.8 Å². The van der Waals surface area contributed by atoms with Crippen LogP contribution in [0.15, 0.2) is 36.4 Å². The highest BCUT2D eigenvalue weighted by Gasteiger charge is 2.06. The van der Waals surface area contributed by atoms with Crippen LogP contribution >= 0.6 is 0 Å². The van der Waals surface area contributed by atoms with E-state index >= 15 is 0 Å². The lowest BCUT2D eigenvalue weighted by molar-refractivity contribution is 0.417. The average Bonchev–Trinajstić information content (AvgIpc) is 2.36. The molecule has 0 aliphatic carbocycles. The zero-order valence-corrected chi connectivity index (χ0v) is 10.9. The lowest BCUT2D eigenvalue weighted by atomic mass is 10.1. The number of nitrogen functional groups attached to an aromatic ring is 1. The number of aryl methyl sites for hydroxylation is 2. The molecular formula is C15H18N2O. The van der Waals surface area contributed by atoms with E-state index in [1.807, 2.05) is 30.3 Å². The second-order valence-corrected chi connectivity index (χ2v) is 4.35. The first-order chi connectivity index (χ1) is 8.61. The molecule has 0 radical (unpaired) electrons. The number of benzene rings is 2. The SMILES string of the molecule is COc1ccccc1Nc1cc(C)c(C)cc1N. The molecule has 0 aliphatic rings. The first-order valence-electron chi connectivity index (χ1n) is 5.88. The Morgan fingerprint density at radius 2 is 1.67 bits per heavy atom. The van der Waals surface area contributed by atoms with E-state index in [0.717, 1.165) is 22.8 Å².